The van der Waals surface area contributed by atoms with Crippen molar-refractivity contribution in [3.8, 4) is 0 Å². The molecule has 36 heavy (non-hydrogen) atoms. The maximum absolute atomic E-state index is 12.7. The maximum Gasteiger partial charge on any atom is 0.308 e. The van der Waals surface area contributed by atoms with Gasteiger partial charge < -0.3 is 20.7 Å². The Hall–Kier alpha value is -3.10. The Kier molecular flexibility index (Phi) is 10.6. The van der Waals surface area contributed by atoms with Crippen LogP contribution in [-0.2, 0) is 14.3 Å². The number of nitrogens with one attached hydrogen (secondary N) is 3. The zero-order chi connectivity index (χ0) is 25.9. The van der Waals surface area contributed by atoms with Gasteiger partial charge in [-0.15, -0.1) is 0 Å². The lowest BCUT2D eigenvalue weighted by atomic mass is 10.0. The fourth-order valence-corrected chi connectivity index (χ4v) is 4.35. The number of carbonyl (C=O) groups is 3. The van der Waals surface area contributed by atoms with Crippen LogP contribution in [0.3, 0.4) is 0 Å². The van der Waals surface area contributed by atoms with E-state index in [0.29, 0.717) is 21.2 Å². The third-order valence-electron chi connectivity index (χ3n) is 5.50. The summed E-state index contributed by atoms with van der Waals surface area (Å²) < 4.78 is 5.02. The Balaban J connectivity index is 1.61. The van der Waals surface area contributed by atoms with Gasteiger partial charge in [0.05, 0.1) is 25.6 Å². The highest BCUT2D eigenvalue weighted by Gasteiger charge is 2.21. The van der Waals surface area contributed by atoms with Crippen LogP contribution in [0.4, 0.5) is 5.69 Å². The van der Waals surface area contributed by atoms with E-state index in [1.165, 1.54) is 0 Å². The summed E-state index contributed by atoms with van der Waals surface area (Å²) in [4.78, 5) is 42.0. The molecule has 8 nitrogen and oxygen atoms in total. The molecule has 2 aromatic carbocycles. The SMILES string of the molecule is CCOC(=O)CC(NC(=O)CNC(=O)c1cccc(NC2=NCCCCC2)c1)c1cc(Cl)cc(Cl)c1. The van der Waals surface area contributed by atoms with Gasteiger partial charge in [0, 0.05) is 34.3 Å². The first-order chi connectivity index (χ1) is 17.3. The highest BCUT2D eigenvalue weighted by molar-refractivity contribution is 6.34. The molecule has 0 aliphatic carbocycles. The summed E-state index contributed by atoms with van der Waals surface area (Å²) in [5, 5.41) is 9.41. The molecule has 0 saturated carbocycles. The molecule has 1 aliphatic rings. The highest BCUT2D eigenvalue weighted by Crippen LogP contribution is 2.26. The van der Waals surface area contributed by atoms with Crippen LogP contribution in [-0.4, -0.2) is 43.3 Å². The van der Waals surface area contributed by atoms with Crippen molar-refractivity contribution in [2.45, 2.75) is 45.1 Å². The van der Waals surface area contributed by atoms with Crippen LogP contribution in [0, 0.1) is 0 Å². The zero-order valence-electron chi connectivity index (χ0n) is 20.1. The van der Waals surface area contributed by atoms with Gasteiger partial charge in [0.1, 0.15) is 5.84 Å². The van der Waals surface area contributed by atoms with Gasteiger partial charge >= 0.3 is 5.97 Å². The molecule has 0 saturated heterocycles. The second kappa shape index (κ2) is 13.8. The van der Waals surface area contributed by atoms with Crippen molar-refractivity contribution >= 4 is 52.5 Å². The van der Waals surface area contributed by atoms with Crippen molar-refractivity contribution in [2.24, 2.45) is 4.99 Å². The Morgan fingerprint density at radius 2 is 1.83 bits per heavy atom. The van der Waals surface area contributed by atoms with E-state index in [-0.39, 0.29) is 19.6 Å². The number of rotatable bonds is 9. The molecule has 0 fully saturated rings. The molecule has 2 amide bonds. The third-order valence-corrected chi connectivity index (χ3v) is 5.93. The Bertz CT molecular complexity index is 1100. The first-order valence-electron chi connectivity index (χ1n) is 11.9. The van der Waals surface area contributed by atoms with Crippen molar-refractivity contribution in [1.82, 2.24) is 10.6 Å². The standard InChI is InChI=1S/C26H30Cl2N4O4/c1-2-36-25(34)15-22(18-11-19(27)14-20(28)12-18)32-24(33)16-30-26(35)17-7-6-8-21(13-17)31-23-9-4-3-5-10-29-23/h6-8,11-14,22H,2-5,9-10,15-16H2,1H3,(H,29,31)(H,30,35)(H,32,33). The first-order valence-corrected chi connectivity index (χ1v) is 12.7. The number of benzene rings is 2. The Morgan fingerprint density at radius 3 is 2.58 bits per heavy atom. The van der Waals surface area contributed by atoms with Crippen LogP contribution >= 0.6 is 23.2 Å². The Morgan fingerprint density at radius 1 is 1.06 bits per heavy atom. The predicted octanol–water partition coefficient (Wildman–Crippen LogP) is 4.92. The van der Waals surface area contributed by atoms with Crippen LogP contribution in [0.25, 0.3) is 0 Å². The minimum Gasteiger partial charge on any atom is -0.466 e. The number of hydrogen-bond acceptors (Lipinski definition) is 6. The molecule has 1 unspecified atom stereocenters. The Labute approximate surface area is 220 Å². The van der Waals surface area contributed by atoms with E-state index < -0.39 is 23.8 Å². The number of esters is 1. The molecular formula is C26H30Cl2N4O4. The molecule has 0 radical (unpaired) electrons. The summed E-state index contributed by atoms with van der Waals surface area (Å²) in [6.07, 6.45) is 4.09. The molecule has 0 aromatic heterocycles. The molecule has 0 spiro atoms. The summed E-state index contributed by atoms with van der Waals surface area (Å²) in [5.41, 5.74) is 1.73. The minimum absolute atomic E-state index is 0.109. The predicted molar refractivity (Wildman–Crippen MR) is 142 cm³/mol. The van der Waals surface area contributed by atoms with Gasteiger partial charge in [-0.25, -0.2) is 0 Å². The molecule has 10 heteroatoms. The van der Waals surface area contributed by atoms with Crippen LogP contribution in [0.5, 0.6) is 0 Å². The van der Waals surface area contributed by atoms with Crippen molar-refractivity contribution in [3.63, 3.8) is 0 Å². The van der Waals surface area contributed by atoms with Crippen LogP contribution in [0.1, 0.15) is 61.0 Å². The van der Waals surface area contributed by atoms with E-state index in [9.17, 15) is 14.4 Å². The maximum atomic E-state index is 12.7. The van der Waals surface area contributed by atoms with Crippen LogP contribution < -0.4 is 16.0 Å². The van der Waals surface area contributed by atoms with E-state index in [4.69, 9.17) is 27.9 Å². The second-order valence-electron chi connectivity index (χ2n) is 8.36. The number of anilines is 1. The van der Waals surface area contributed by atoms with Gasteiger partial charge in [-0.3, -0.25) is 19.4 Å². The van der Waals surface area contributed by atoms with Gasteiger partial charge in [0.25, 0.3) is 5.91 Å². The van der Waals surface area contributed by atoms with Crippen LogP contribution in [0.15, 0.2) is 47.5 Å². The molecule has 2 aromatic rings. The van der Waals surface area contributed by atoms with E-state index in [0.717, 1.165) is 43.8 Å². The number of amides is 2. The first kappa shape index (κ1) is 27.5. The summed E-state index contributed by atoms with van der Waals surface area (Å²) in [6, 6.07) is 11.1. The summed E-state index contributed by atoms with van der Waals surface area (Å²) >= 11 is 12.2. The lowest BCUT2D eigenvalue weighted by Gasteiger charge is -2.19. The number of carbonyl (C=O) groups excluding carboxylic acids is 3. The van der Waals surface area contributed by atoms with Gasteiger partial charge in [-0.1, -0.05) is 35.7 Å². The highest BCUT2D eigenvalue weighted by atomic mass is 35.5. The van der Waals surface area contributed by atoms with Gasteiger partial charge in [0.2, 0.25) is 5.91 Å². The molecule has 3 N–H and O–H groups in total. The topological polar surface area (TPSA) is 109 Å². The quantitative estimate of drug-likeness (QED) is 0.397. The van der Waals surface area contributed by atoms with E-state index in [1.807, 2.05) is 6.07 Å². The van der Waals surface area contributed by atoms with Crippen molar-refractivity contribution in [3.05, 3.63) is 63.6 Å². The molecule has 1 atom stereocenters. The fraction of sp³-hybridized carbons (Fsp3) is 0.385. The van der Waals surface area contributed by atoms with Gasteiger partial charge in [0.15, 0.2) is 0 Å². The zero-order valence-corrected chi connectivity index (χ0v) is 21.6. The minimum atomic E-state index is -0.725. The third kappa shape index (κ3) is 8.84. The summed E-state index contributed by atoms with van der Waals surface area (Å²) in [6.45, 7) is 2.44. The fourth-order valence-electron chi connectivity index (χ4n) is 3.80. The van der Waals surface area contributed by atoms with Crippen molar-refractivity contribution in [2.75, 3.05) is 25.0 Å². The van der Waals surface area contributed by atoms with Crippen LogP contribution in [0.2, 0.25) is 10.0 Å². The number of halogens is 2. The monoisotopic (exact) mass is 532 g/mol. The van der Waals surface area contributed by atoms with Gasteiger partial charge in [-0.2, -0.15) is 0 Å². The average molecular weight is 533 g/mol. The second-order valence-corrected chi connectivity index (χ2v) is 9.23. The average Bonchev–Trinajstić information content (AvgIpc) is 3.10. The largest absolute Gasteiger partial charge is 0.466 e. The normalized spacial score (nSPS) is 14.1. The summed E-state index contributed by atoms with van der Waals surface area (Å²) in [5.74, 6) is -0.441. The van der Waals surface area contributed by atoms with E-state index in [1.54, 1.807) is 43.3 Å². The molecular weight excluding hydrogens is 503 g/mol. The lowest BCUT2D eigenvalue weighted by molar-refractivity contribution is -0.143. The number of nitrogens with zero attached hydrogens (tertiary/aromatic N) is 1. The van der Waals surface area contributed by atoms with E-state index >= 15 is 0 Å². The number of aliphatic imine (C=N–C) groups is 1. The molecule has 3 rings (SSSR count). The number of hydrogen-bond donors (Lipinski definition) is 3. The summed E-state index contributed by atoms with van der Waals surface area (Å²) in [7, 11) is 0. The molecule has 1 heterocycles. The molecule has 192 valence electrons. The molecule has 1 aliphatic heterocycles. The molecule has 0 bridgehead atoms. The van der Waals surface area contributed by atoms with Crippen molar-refractivity contribution < 1.29 is 19.1 Å². The van der Waals surface area contributed by atoms with Crippen molar-refractivity contribution in [1.29, 1.82) is 0 Å². The smallest absolute Gasteiger partial charge is 0.308 e. The van der Waals surface area contributed by atoms with E-state index in [2.05, 4.69) is 20.9 Å². The number of amidine groups is 1. The number of ether oxygens (including phenoxy) is 1. The lowest BCUT2D eigenvalue weighted by Crippen LogP contribution is -2.39. The van der Waals surface area contributed by atoms with Gasteiger partial charge in [-0.05, 0) is 61.7 Å².